The lowest BCUT2D eigenvalue weighted by molar-refractivity contribution is -0.122. The maximum absolute atomic E-state index is 12.1. The average molecular weight is 353 g/mol. The highest BCUT2D eigenvalue weighted by atomic mass is 35.5. The molecule has 0 aromatic heterocycles. The van der Waals surface area contributed by atoms with Crippen molar-refractivity contribution in [2.75, 3.05) is 18.5 Å². The number of rotatable bonds is 3. The zero-order valence-corrected chi connectivity index (χ0v) is 13.3. The van der Waals surface area contributed by atoms with Gasteiger partial charge >= 0.3 is 0 Å². The van der Waals surface area contributed by atoms with Gasteiger partial charge in [-0.3, -0.25) is 4.79 Å². The van der Waals surface area contributed by atoms with E-state index in [0.717, 1.165) is 12.1 Å². The lowest BCUT2D eigenvalue weighted by atomic mass is 9.99. The van der Waals surface area contributed by atoms with E-state index < -0.39 is 10.0 Å². The van der Waals surface area contributed by atoms with Crippen LogP contribution in [0.5, 0.6) is 0 Å². The van der Waals surface area contributed by atoms with E-state index in [0.29, 0.717) is 26.1 Å². The van der Waals surface area contributed by atoms with E-state index >= 15 is 0 Å². The Hall–Kier alpha value is -0.860. The van der Waals surface area contributed by atoms with Crippen molar-refractivity contribution in [3.8, 4) is 0 Å². The molecule has 0 bridgehead atoms. The monoisotopic (exact) mass is 352 g/mol. The summed E-state index contributed by atoms with van der Waals surface area (Å²) in [4.78, 5) is 11.9. The van der Waals surface area contributed by atoms with Crippen LogP contribution in [-0.4, -0.2) is 27.5 Å². The molecular formula is C12H14Cl2N2O4S. The van der Waals surface area contributed by atoms with E-state index in [9.17, 15) is 13.2 Å². The van der Waals surface area contributed by atoms with Crippen LogP contribution in [0.4, 0.5) is 5.69 Å². The number of ether oxygens (including phenoxy) is 1. The van der Waals surface area contributed by atoms with Crippen molar-refractivity contribution < 1.29 is 17.9 Å². The Bertz CT molecular complexity index is 634. The van der Waals surface area contributed by atoms with Gasteiger partial charge in [0, 0.05) is 19.1 Å². The Balaban J connectivity index is 2.22. The summed E-state index contributed by atoms with van der Waals surface area (Å²) in [5, 5.41) is 7.69. The molecule has 0 saturated carbocycles. The summed E-state index contributed by atoms with van der Waals surface area (Å²) in [7, 11) is -3.91. The number of carbonyl (C=O) groups is 1. The molecule has 116 valence electrons. The SMILES string of the molecule is NS(=O)(=O)c1cc(Cl)c(NC(=O)C2CCOCC2)c(Cl)c1. The van der Waals surface area contributed by atoms with Gasteiger partial charge in [0.2, 0.25) is 15.9 Å². The maximum Gasteiger partial charge on any atom is 0.238 e. The van der Waals surface area contributed by atoms with Crippen LogP contribution in [0.25, 0.3) is 0 Å². The molecule has 21 heavy (non-hydrogen) atoms. The number of sulfonamides is 1. The first-order chi connectivity index (χ1) is 9.79. The molecule has 1 heterocycles. The van der Waals surface area contributed by atoms with Gasteiger partial charge in [-0.05, 0) is 25.0 Å². The Morgan fingerprint density at radius 3 is 2.24 bits per heavy atom. The van der Waals surface area contributed by atoms with Gasteiger partial charge in [-0.15, -0.1) is 0 Å². The summed E-state index contributed by atoms with van der Waals surface area (Å²) in [6.45, 7) is 1.06. The largest absolute Gasteiger partial charge is 0.381 e. The Kier molecular flexibility index (Phi) is 5.11. The normalized spacial score (nSPS) is 16.7. The molecule has 1 aromatic rings. The van der Waals surface area contributed by atoms with Crippen LogP contribution in [-0.2, 0) is 19.6 Å². The van der Waals surface area contributed by atoms with Gasteiger partial charge in [0.25, 0.3) is 0 Å². The molecule has 9 heteroatoms. The van der Waals surface area contributed by atoms with Crippen LogP contribution in [0.3, 0.4) is 0 Å². The van der Waals surface area contributed by atoms with Crippen LogP contribution >= 0.6 is 23.2 Å². The summed E-state index contributed by atoms with van der Waals surface area (Å²) in [5.74, 6) is -0.394. The third-order valence-electron chi connectivity index (χ3n) is 3.18. The fraction of sp³-hybridized carbons (Fsp3) is 0.417. The molecule has 3 N–H and O–H groups in total. The lowest BCUT2D eigenvalue weighted by Gasteiger charge is -2.22. The minimum absolute atomic E-state index is 0.0203. The molecule has 0 unspecified atom stereocenters. The highest BCUT2D eigenvalue weighted by Gasteiger charge is 2.23. The van der Waals surface area contributed by atoms with Gasteiger partial charge in [-0.1, -0.05) is 23.2 Å². The molecule has 0 atom stereocenters. The number of hydrogen-bond donors (Lipinski definition) is 2. The molecule has 0 aliphatic carbocycles. The number of nitrogens with two attached hydrogens (primary N) is 1. The number of primary sulfonamides is 1. The molecule has 6 nitrogen and oxygen atoms in total. The van der Waals surface area contributed by atoms with E-state index in [-0.39, 0.29) is 32.5 Å². The van der Waals surface area contributed by atoms with E-state index in [1.165, 1.54) is 0 Å². The summed E-state index contributed by atoms with van der Waals surface area (Å²) in [6.07, 6.45) is 1.24. The second-order valence-electron chi connectivity index (χ2n) is 4.68. The van der Waals surface area contributed by atoms with Crippen molar-refractivity contribution in [1.29, 1.82) is 0 Å². The topological polar surface area (TPSA) is 98.5 Å². The fourth-order valence-electron chi connectivity index (χ4n) is 2.02. The van der Waals surface area contributed by atoms with Gasteiger partial charge in [0.05, 0.1) is 20.6 Å². The maximum atomic E-state index is 12.1. The van der Waals surface area contributed by atoms with Crippen molar-refractivity contribution in [2.24, 2.45) is 11.1 Å². The lowest BCUT2D eigenvalue weighted by Crippen LogP contribution is -2.28. The molecule has 1 aliphatic heterocycles. The highest BCUT2D eigenvalue weighted by Crippen LogP contribution is 2.33. The zero-order chi connectivity index (χ0) is 15.6. The molecule has 1 fully saturated rings. The number of carbonyl (C=O) groups excluding carboxylic acids is 1. The molecule has 1 amide bonds. The number of halogens is 2. The molecule has 0 radical (unpaired) electrons. The first-order valence-electron chi connectivity index (χ1n) is 6.19. The van der Waals surface area contributed by atoms with Crippen LogP contribution in [0.15, 0.2) is 17.0 Å². The average Bonchev–Trinajstić information content (AvgIpc) is 2.42. The molecule has 1 aliphatic rings. The summed E-state index contributed by atoms with van der Waals surface area (Å²) in [6, 6.07) is 2.31. The van der Waals surface area contributed by atoms with Gasteiger partial charge in [-0.25, -0.2) is 13.6 Å². The van der Waals surface area contributed by atoms with Gasteiger partial charge in [0.1, 0.15) is 0 Å². The fourth-order valence-corrected chi connectivity index (χ4v) is 3.29. The van der Waals surface area contributed by atoms with Crippen molar-refractivity contribution in [2.45, 2.75) is 17.7 Å². The second kappa shape index (κ2) is 6.50. The quantitative estimate of drug-likeness (QED) is 0.868. The van der Waals surface area contributed by atoms with Gasteiger partial charge in [-0.2, -0.15) is 0 Å². The number of anilines is 1. The number of hydrogen-bond acceptors (Lipinski definition) is 4. The highest BCUT2D eigenvalue weighted by molar-refractivity contribution is 7.89. The number of nitrogens with one attached hydrogen (secondary N) is 1. The first-order valence-corrected chi connectivity index (χ1v) is 8.49. The first kappa shape index (κ1) is 16.5. The van der Waals surface area contributed by atoms with E-state index in [4.69, 9.17) is 33.1 Å². The van der Waals surface area contributed by atoms with E-state index in [1.807, 2.05) is 0 Å². The second-order valence-corrected chi connectivity index (χ2v) is 7.06. The predicted octanol–water partition coefficient (Wildman–Crippen LogP) is 2.01. The van der Waals surface area contributed by atoms with Crippen molar-refractivity contribution in [1.82, 2.24) is 0 Å². The van der Waals surface area contributed by atoms with Crippen molar-refractivity contribution in [3.05, 3.63) is 22.2 Å². The minimum atomic E-state index is -3.91. The number of amides is 1. The molecule has 2 rings (SSSR count). The molecule has 0 spiro atoms. The smallest absolute Gasteiger partial charge is 0.238 e. The van der Waals surface area contributed by atoms with Crippen LogP contribution < -0.4 is 10.5 Å². The standard InChI is InChI=1S/C12H14Cl2N2O4S/c13-9-5-8(21(15,18)19)6-10(14)11(9)16-12(17)7-1-3-20-4-2-7/h5-7H,1-4H2,(H,16,17)(H2,15,18,19). The van der Waals surface area contributed by atoms with Crippen LogP contribution in [0.2, 0.25) is 10.0 Å². The molecule has 1 aromatic carbocycles. The summed E-state index contributed by atoms with van der Waals surface area (Å²) < 4.78 is 27.7. The minimum Gasteiger partial charge on any atom is -0.381 e. The van der Waals surface area contributed by atoms with Crippen molar-refractivity contribution >= 4 is 44.8 Å². The zero-order valence-electron chi connectivity index (χ0n) is 10.9. The third kappa shape index (κ3) is 4.08. The predicted molar refractivity (Wildman–Crippen MR) is 80.0 cm³/mol. The number of benzene rings is 1. The Morgan fingerprint density at radius 2 is 1.76 bits per heavy atom. The summed E-state index contributed by atoms with van der Waals surface area (Å²) in [5.41, 5.74) is 0.183. The Morgan fingerprint density at radius 1 is 1.24 bits per heavy atom. The van der Waals surface area contributed by atoms with E-state index in [1.54, 1.807) is 0 Å². The Labute approximate surface area is 132 Å². The van der Waals surface area contributed by atoms with Crippen LogP contribution in [0.1, 0.15) is 12.8 Å². The molecular weight excluding hydrogens is 339 g/mol. The van der Waals surface area contributed by atoms with Crippen molar-refractivity contribution in [3.63, 3.8) is 0 Å². The van der Waals surface area contributed by atoms with Gasteiger partial charge in [0.15, 0.2) is 0 Å². The van der Waals surface area contributed by atoms with Gasteiger partial charge < -0.3 is 10.1 Å². The van der Waals surface area contributed by atoms with E-state index in [2.05, 4.69) is 5.32 Å². The third-order valence-corrected chi connectivity index (χ3v) is 4.67. The molecule has 1 saturated heterocycles. The van der Waals surface area contributed by atoms with Crippen LogP contribution in [0, 0.1) is 5.92 Å². The summed E-state index contributed by atoms with van der Waals surface area (Å²) >= 11 is 12.0.